The molecule has 23 heavy (non-hydrogen) atoms. The number of hydrogen-bond donors (Lipinski definition) is 0. The summed E-state index contributed by atoms with van der Waals surface area (Å²) in [6.07, 6.45) is 0.707. The van der Waals surface area contributed by atoms with Gasteiger partial charge in [0.1, 0.15) is 23.9 Å². The van der Waals surface area contributed by atoms with Gasteiger partial charge in [0.2, 0.25) is 18.2 Å². The van der Waals surface area contributed by atoms with Gasteiger partial charge >= 0.3 is 0 Å². The Kier molecular flexibility index (Phi) is 5.25. The lowest BCUT2D eigenvalue weighted by molar-refractivity contribution is -0.134. The average Bonchev–Trinajstić information content (AvgIpc) is 2.53. The van der Waals surface area contributed by atoms with Crippen molar-refractivity contribution >= 4 is 23.9 Å². The monoisotopic (exact) mass is 325 g/mol. The largest absolute Gasteiger partial charge is 0.342 e. The first-order chi connectivity index (χ1) is 10.9. The standard InChI is InChI=1S/C15H17F2N3O3/c1-11(22)20(15-12(16)3-2-4-13(15)17)9-14(23)19-7-5-18(10-21)6-8-19/h2-4,10H,5-9H2,1H3. The number of para-hydroxylation sites is 1. The molecule has 1 fully saturated rings. The van der Waals surface area contributed by atoms with Crippen LogP contribution in [0.5, 0.6) is 0 Å². The minimum atomic E-state index is -0.904. The maximum atomic E-state index is 13.8. The van der Waals surface area contributed by atoms with Crippen molar-refractivity contribution < 1.29 is 23.2 Å². The van der Waals surface area contributed by atoms with Crippen molar-refractivity contribution in [3.63, 3.8) is 0 Å². The zero-order valence-electron chi connectivity index (χ0n) is 12.7. The summed E-state index contributed by atoms with van der Waals surface area (Å²) in [6, 6.07) is 3.25. The topological polar surface area (TPSA) is 60.9 Å². The maximum Gasteiger partial charge on any atom is 0.242 e. The predicted octanol–water partition coefficient (Wildman–Crippen LogP) is 0.618. The van der Waals surface area contributed by atoms with Gasteiger partial charge in [-0.05, 0) is 12.1 Å². The zero-order chi connectivity index (χ0) is 17.0. The van der Waals surface area contributed by atoms with Gasteiger partial charge in [-0.3, -0.25) is 19.3 Å². The Bertz CT molecular complexity index is 596. The Morgan fingerprint density at radius 1 is 1.17 bits per heavy atom. The van der Waals surface area contributed by atoms with Gasteiger partial charge in [0.25, 0.3) is 0 Å². The molecule has 1 saturated heterocycles. The number of hydrogen-bond acceptors (Lipinski definition) is 3. The summed E-state index contributed by atoms with van der Waals surface area (Å²) in [6.45, 7) is 2.12. The molecule has 8 heteroatoms. The predicted molar refractivity (Wildman–Crippen MR) is 78.6 cm³/mol. The molecule has 6 nitrogen and oxygen atoms in total. The van der Waals surface area contributed by atoms with Gasteiger partial charge in [0.05, 0.1) is 0 Å². The molecule has 0 spiro atoms. The van der Waals surface area contributed by atoms with E-state index >= 15 is 0 Å². The summed E-state index contributed by atoms with van der Waals surface area (Å²) in [5, 5.41) is 0. The molecule has 1 heterocycles. The molecule has 2 rings (SSSR count). The lowest BCUT2D eigenvalue weighted by Gasteiger charge is -2.34. The molecule has 0 N–H and O–H groups in total. The molecular weight excluding hydrogens is 308 g/mol. The van der Waals surface area contributed by atoms with Crippen LogP contribution in [0.25, 0.3) is 0 Å². The minimum Gasteiger partial charge on any atom is -0.342 e. The van der Waals surface area contributed by atoms with E-state index in [-0.39, 0.29) is 0 Å². The van der Waals surface area contributed by atoms with Gasteiger partial charge < -0.3 is 9.80 Å². The van der Waals surface area contributed by atoms with Gasteiger partial charge in [0.15, 0.2) is 0 Å². The average molecular weight is 325 g/mol. The fourth-order valence-corrected chi connectivity index (χ4v) is 2.41. The second kappa shape index (κ2) is 7.17. The van der Waals surface area contributed by atoms with E-state index in [9.17, 15) is 23.2 Å². The maximum absolute atomic E-state index is 13.8. The van der Waals surface area contributed by atoms with Crippen LogP contribution in [0.4, 0.5) is 14.5 Å². The van der Waals surface area contributed by atoms with Crippen molar-refractivity contribution in [1.29, 1.82) is 0 Å². The van der Waals surface area contributed by atoms with E-state index in [1.807, 2.05) is 0 Å². The third-order valence-electron chi connectivity index (χ3n) is 3.70. The number of nitrogens with zero attached hydrogens (tertiary/aromatic N) is 3. The number of carbonyl (C=O) groups is 3. The molecule has 0 bridgehead atoms. The summed E-state index contributed by atoms with van der Waals surface area (Å²) >= 11 is 0. The smallest absolute Gasteiger partial charge is 0.242 e. The van der Waals surface area contributed by atoms with E-state index in [1.165, 1.54) is 15.9 Å². The first-order valence-corrected chi connectivity index (χ1v) is 7.13. The summed E-state index contributed by atoms with van der Waals surface area (Å²) in [5.41, 5.74) is -0.528. The van der Waals surface area contributed by atoms with E-state index in [1.54, 1.807) is 0 Å². The zero-order valence-corrected chi connectivity index (χ0v) is 12.7. The highest BCUT2D eigenvalue weighted by Gasteiger charge is 2.26. The normalized spacial score (nSPS) is 14.6. The molecule has 124 valence electrons. The van der Waals surface area contributed by atoms with Gasteiger partial charge in [-0.25, -0.2) is 8.78 Å². The van der Waals surface area contributed by atoms with E-state index in [4.69, 9.17) is 0 Å². The fraction of sp³-hybridized carbons (Fsp3) is 0.400. The molecule has 0 unspecified atom stereocenters. The van der Waals surface area contributed by atoms with Crippen LogP contribution in [-0.4, -0.2) is 60.7 Å². The highest BCUT2D eigenvalue weighted by Crippen LogP contribution is 2.23. The second-order valence-electron chi connectivity index (χ2n) is 5.20. The van der Waals surface area contributed by atoms with Crippen molar-refractivity contribution in [2.24, 2.45) is 0 Å². The summed E-state index contributed by atoms with van der Waals surface area (Å²) < 4.78 is 27.7. The van der Waals surface area contributed by atoms with Gasteiger partial charge in [-0.2, -0.15) is 0 Å². The number of benzene rings is 1. The highest BCUT2D eigenvalue weighted by molar-refractivity contribution is 5.97. The van der Waals surface area contributed by atoms with E-state index < -0.39 is 35.7 Å². The van der Waals surface area contributed by atoms with Crippen molar-refractivity contribution in [3.8, 4) is 0 Å². The molecule has 0 aromatic heterocycles. The SMILES string of the molecule is CC(=O)N(CC(=O)N1CCN(C=O)CC1)c1c(F)cccc1F. The van der Waals surface area contributed by atoms with Crippen LogP contribution >= 0.6 is 0 Å². The Balaban J connectivity index is 2.13. The molecular formula is C15H17F2N3O3. The summed E-state index contributed by atoms with van der Waals surface area (Å²) in [7, 11) is 0. The van der Waals surface area contributed by atoms with Crippen molar-refractivity contribution in [2.45, 2.75) is 6.92 Å². The van der Waals surface area contributed by atoms with Crippen LogP contribution in [0.3, 0.4) is 0 Å². The molecule has 1 aliphatic rings. The van der Waals surface area contributed by atoms with Crippen LogP contribution < -0.4 is 4.90 Å². The van der Waals surface area contributed by atoms with E-state index in [2.05, 4.69) is 0 Å². The van der Waals surface area contributed by atoms with Gasteiger partial charge in [0, 0.05) is 33.1 Å². The second-order valence-corrected chi connectivity index (χ2v) is 5.20. The number of piperazine rings is 1. The fourth-order valence-electron chi connectivity index (χ4n) is 2.41. The van der Waals surface area contributed by atoms with Crippen molar-refractivity contribution in [1.82, 2.24) is 9.80 Å². The molecule has 3 amide bonds. The lowest BCUT2D eigenvalue weighted by atomic mass is 10.2. The molecule has 0 atom stereocenters. The van der Waals surface area contributed by atoms with Crippen LogP contribution in [0, 0.1) is 11.6 Å². The third kappa shape index (κ3) is 3.82. The minimum absolute atomic E-state index is 0.322. The van der Waals surface area contributed by atoms with Crippen LogP contribution in [0.1, 0.15) is 6.92 Å². The summed E-state index contributed by atoms with van der Waals surface area (Å²) in [4.78, 5) is 38.5. The Labute approximate surface area is 132 Å². The number of rotatable bonds is 4. The molecule has 0 saturated carbocycles. The third-order valence-corrected chi connectivity index (χ3v) is 3.70. The number of amides is 3. The van der Waals surface area contributed by atoms with Gasteiger partial charge in [-0.1, -0.05) is 6.07 Å². The number of anilines is 1. The van der Waals surface area contributed by atoms with Crippen molar-refractivity contribution in [3.05, 3.63) is 29.8 Å². The Morgan fingerprint density at radius 3 is 2.22 bits per heavy atom. The first-order valence-electron chi connectivity index (χ1n) is 7.13. The lowest BCUT2D eigenvalue weighted by Crippen LogP contribution is -2.51. The highest BCUT2D eigenvalue weighted by atomic mass is 19.1. The van der Waals surface area contributed by atoms with Crippen LogP contribution in [0.2, 0.25) is 0 Å². The first kappa shape index (κ1) is 16.9. The molecule has 0 aliphatic carbocycles. The quantitative estimate of drug-likeness (QED) is 0.763. The van der Waals surface area contributed by atoms with E-state index in [0.717, 1.165) is 24.0 Å². The number of halogens is 2. The Morgan fingerprint density at radius 2 is 1.74 bits per heavy atom. The van der Waals surface area contributed by atoms with Crippen molar-refractivity contribution in [2.75, 3.05) is 37.6 Å². The molecule has 1 aromatic rings. The summed E-state index contributed by atoms with van der Waals surface area (Å²) in [5.74, 6) is -2.86. The van der Waals surface area contributed by atoms with Gasteiger partial charge in [-0.15, -0.1) is 0 Å². The molecule has 1 aromatic carbocycles. The molecule has 1 aliphatic heterocycles. The van der Waals surface area contributed by atoms with Crippen LogP contribution in [0.15, 0.2) is 18.2 Å². The van der Waals surface area contributed by atoms with E-state index in [0.29, 0.717) is 32.6 Å². The molecule has 0 radical (unpaired) electrons. The van der Waals surface area contributed by atoms with Crippen LogP contribution in [-0.2, 0) is 14.4 Å². The number of carbonyl (C=O) groups excluding carboxylic acids is 3. The Hall–Kier alpha value is -2.51.